The fraction of sp³-hybridized carbons (Fsp3) is 0.692. The second kappa shape index (κ2) is 11.9. The molecule has 10 heteroatoms. The van der Waals surface area contributed by atoms with Gasteiger partial charge in [0.15, 0.2) is 0 Å². The van der Waals surface area contributed by atoms with E-state index in [0.29, 0.717) is 26.2 Å². The van der Waals surface area contributed by atoms with Crippen LogP contribution in [-0.2, 0) is 24.9 Å². The zero-order valence-electron chi connectivity index (χ0n) is 22.2. The summed E-state index contributed by atoms with van der Waals surface area (Å²) in [5.74, 6) is -0.329. The third kappa shape index (κ3) is 6.58. The summed E-state index contributed by atoms with van der Waals surface area (Å²) in [5, 5.41) is 2.65. The minimum atomic E-state index is -3.13. The molecule has 202 valence electrons. The molecule has 1 spiro atoms. The average Bonchev–Trinajstić information content (AvgIpc) is 3.09. The van der Waals surface area contributed by atoms with Gasteiger partial charge in [0, 0.05) is 58.1 Å². The molecule has 1 saturated carbocycles. The Morgan fingerprint density at radius 2 is 1.78 bits per heavy atom. The molecule has 0 aromatic heterocycles. The van der Waals surface area contributed by atoms with E-state index in [1.54, 1.807) is 12.0 Å². The fourth-order valence-corrected chi connectivity index (χ4v) is 6.23. The van der Waals surface area contributed by atoms with Crippen LogP contribution in [-0.4, -0.2) is 107 Å². The van der Waals surface area contributed by atoms with Crippen LogP contribution in [0.5, 0.6) is 0 Å². The summed E-state index contributed by atoms with van der Waals surface area (Å²) in [4.78, 5) is 31.9. The Morgan fingerprint density at radius 3 is 2.36 bits per heavy atom. The van der Waals surface area contributed by atoms with E-state index in [1.807, 2.05) is 11.0 Å². The lowest BCUT2D eigenvalue weighted by Gasteiger charge is -2.51. The van der Waals surface area contributed by atoms with E-state index in [-0.39, 0.29) is 41.7 Å². The summed E-state index contributed by atoms with van der Waals surface area (Å²) in [5.41, 5.74) is 0.981. The summed E-state index contributed by atoms with van der Waals surface area (Å²) in [7, 11) is 2.81. The number of hydrogen-bond acceptors (Lipinski definition) is 6. The van der Waals surface area contributed by atoms with Gasteiger partial charge in [-0.1, -0.05) is 30.3 Å². The zero-order valence-corrected chi connectivity index (χ0v) is 23.0. The lowest BCUT2D eigenvalue weighted by Crippen LogP contribution is -2.55. The summed E-state index contributed by atoms with van der Waals surface area (Å²) in [6.07, 6.45) is 5.72. The number of hydrogen-bond donors (Lipinski definition) is 1. The number of nitrogens with one attached hydrogen (secondary N) is 1. The van der Waals surface area contributed by atoms with Gasteiger partial charge < -0.3 is 19.9 Å². The molecule has 1 heterocycles. The Hall–Kier alpha value is -2.17. The molecule has 3 rings (SSSR count). The van der Waals surface area contributed by atoms with Crippen LogP contribution in [0.1, 0.15) is 44.1 Å². The number of ether oxygens (including phenoxy) is 1. The highest BCUT2D eigenvalue weighted by Gasteiger charge is 2.54. The van der Waals surface area contributed by atoms with Gasteiger partial charge in [-0.05, 0) is 51.8 Å². The van der Waals surface area contributed by atoms with Crippen molar-refractivity contribution in [3.63, 3.8) is 0 Å². The minimum absolute atomic E-state index is 0.0212. The van der Waals surface area contributed by atoms with Crippen LogP contribution < -0.4 is 5.32 Å². The maximum Gasteiger partial charge on any atom is 0.320 e. The fourth-order valence-electron chi connectivity index (χ4n) is 5.76. The highest BCUT2D eigenvalue weighted by atomic mass is 32.2. The Morgan fingerprint density at radius 1 is 1.11 bits per heavy atom. The van der Waals surface area contributed by atoms with Gasteiger partial charge >= 0.3 is 6.03 Å². The van der Waals surface area contributed by atoms with Crippen LogP contribution >= 0.6 is 0 Å². The Labute approximate surface area is 216 Å². The molecule has 1 aliphatic heterocycles. The van der Waals surface area contributed by atoms with Crippen molar-refractivity contribution in [2.24, 2.45) is 0 Å². The van der Waals surface area contributed by atoms with Crippen LogP contribution in [0.25, 0.3) is 0 Å². The van der Waals surface area contributed by atoms with Gasteiger partial charge in [-0.2, -0.15) is 0 Å². The summed E-state index contributed by atoms with van der Waals surface area (Å²) in [6, 6.07) is 10.6. The Kier molecular flexibility index (Phi) is 9.40. The monoisotopic (exact) mass is 522 g/mol. The van der Waals surface area contributed by atoms with Crippen LogP contribution in [0.15, 0.2) is 30.3 Å². The number of nitrogens with zero attached hydrogens (tertiary/aromatic N) is 3. The quantitative estimate of drug-likeness (QED) is 0.422. The molecule has 0 bridgehead atoms. The maximum atomic E-state index is 13.5. The van der Waals surface area contributed by atoms with E-state index >= 15 is 0 Å². The Balaban J connectivity index is 1.70. The summed E-state index contributed by atoms with van der Waals surface area (Å²) in [6.45, 7) is 2.24. The van der Waals surface area contributed by atoms with Crippen LogP contribution in [0.2, 0.25) is 0 Å². The molecule has 0 atom stereocenters. The third-order valence-electron chi connectivity index (χ3n) is 7.87. The first kappa shape index (κ1) is 28.4. The number of rotatable bonds is 12. The van der Waals surface area contributed by atoms with Crippen LogP contribution in [0, 0.1) is 0 Å². The predicted molar refractivity (Wildman–Crippen MR) is 141 cm³/mol. The van der Waals surface area contributed by atoms with Crippen molar-refractivity contribution in [1.82, 2.24) is 20.0 Å². The van der Waals surface area contributed by atoms with Crippen molar-refractivity contribution in [1.29, 1.82) is 0 Å². The molecule has 1 aromatic carbocycles. The number of sulfone groups is 1. The molecule has 9 nitrogen and oxygen atoms in total. The second-order valence-corrected chi connectivity index (χ2v) is 12.7. The van der Waals surface area contributed by atoms with Gasteiger partial charge in [0.1, 0.15) is 9.84 Å². The van der Waals surface area contributed by atoms with E-state index in [1.165, 1.54) is 5.56 Å². The topological polar surface area (TPSA) is 99.3 Å². The Bertz CT molecular complexity index is 991. The molecular formula is C26H42N4O5S. The number of carbonyl (C=O) groups is 2. The van der Waals surface area contributed by atoms with Crippen molar-refractivity contribution in [3.8, 4) is 0 Å². The van der Waals surface area contributed by atoms with Crippen molar-refractivity contribution in [2.75, 3.05) is 66.0 Å². The van der Waals surface area contributed by atoms with Crippen LogP contribution in [0.4, 0.5) is 4.79 Å². The molecule has 0 radical (unpaired) electrons. The molecule has 0 unspecified atom stereocenters. The van der Waals surface area contributed by atoms with Gasteiger partial charge in [-0.3, -0.25) is 9.69 Å². The predicted octanol–water partition coefficient (Wildman–Crippen LogP) is 2.08. The number of urea groups is 1. The van der Waals surface area contributed by atoms with Gasteiger partial charge in [0.2, 0.25) is 5.91 Å². The average molecular weight is 523 g/mol. The lowest BCUT2D eigenvalue weighted by molar-refractivity contribution is -0.121. The summed E-state index contributed by atoms with van der Waals surface area (Å²) >= 11 is 0. The molecule has 1 saturated heterocycles. The normalized spacial score (nSPS) is 24.6. The minimum Gasteiger partial charge on any atom is -0.385 e. The molecule has 2 aliphatic rings. The molecule has 2 fully saturated rings. The molecule has 1 aliphatic carbocycles. The molecule has 3 amide bonds. The lowest BCUT2D eigenvalue weighted by atomic mass is 9.68. The third-order valence-corrected chi connectivity index (χ3v) is 8.81. The number of benzene rings is 1. The number of methoxy groups -OCH3 is 1. The smallest absolute Gasteiger partial charge is 0.320 e. The van der Waals surface area contributed by atoms with Gasteiger partial charge in [-0.15, -0.1) is 0 Å². The number of amides is 3. The van der Waals surface area contributed by atoms with Crippen LogP contribution in [0.3, 0.4) is 0 Å². The standard InChI is InChI=1S/C26H42N4O5S/c1-28(2)26(22-9-6-5-7-10-22)14-12-25(13-15-26)21-29(24(32)30(25)17-8-19-35-3)18-11-23(31)27-16-20-36(4,33)34/h5-7,9-10H,8,11-21H2,1-4H3,(H,27,31). The van der Waals surface area contributed by atoms with Crippen molar-refractivity contribution in [3.05, 3.63) is 35.9 Å². The molecular weight excluding hydrogens is 480 g/mol. The maximum absolute atomic E-state index is 13.5. The van der Waals surface area contributed by atoms with E-state index in [4.69, 9.17) is 4.74 Å². The first-order chi connectivity index (χ1) is 17.0. The first-order valence-electron chi connectivity index (χ1n) is 12.8. The largest absolute Gasteiger partial charge is 0.385 e. The molecule has 1 N–H and O–H groups in total. The van der Waals surface area contributed by atoms with E-state index in [9.17, 15) is 18.0 Å². The van der Waals surface area contributed by atoms with Gasteiger partial charge in [-0.25, -0.2) is 13.2 Å². The zero-order chi connectivity index (χ0) is 26.4. The summed E-state index contributed by atoms with van der Waals surface area (Å²) < 4.78 is 27.8. The second-order valence-electron chi connectivity index (χ2n) is 10.4. The van der Waals surface area contributed by atoms with Crippen molar-refractivity contribution >= 4 is 21.8 Å². The van der Waals surface area contributed by atoms with Crippen molar-refractivity contribution < 1.29 is 22.7 Å². The molecule has 1 aromatic rings. The first-order valence-corrected chi connectivity index (χ1v) is 14.8. The van der Waals surface area contributed by atoms with E-state index in [0.717, 1.165) is 38.4 Å². The SMILES string of the molecule is COCCCN1C(=O)N(CCC(=O)NCCS(C)(=O)=O)CC12CCC(c1ccccc1)(N(C)C)CC2. The van der Waals surface area contributed by atoms with E-state index in [2.05, 4.69) is 48.6 Å². The van der Waals surface area contributed by atoms with Gasteiger partial charge in [0.05, 0.1) is 11.3 Å². The van der Waals surface area contributed by atoms with Gasteiger partial charge in [0.25, 0.3) is 0 Å². The highest BCUT2D eigenvalue weighted by Crippen LogP contribution is 2.48. The van der Waals surface area contributed by atoms with E-state index < -0.39 is 9.84 Å². The van der Waals surface area contributed by atoms with Crippen molar-refractivity contribution in [2.45, 2.75) is 49.6 Å². The molecule has 36 heavy (non-hydrogen) atoms. The highest BCUT2D eigenvalue weighted by molar-refractivity contribution is 7.90. The number of carbonyl (C=O) groups excluding carboxylic acids is 2.